The molecule has 1 rings (SSSR count). The molecule has 0 aliphatic rings. The highest BCUT2D eigenvalue weighted by Gasteiger charge is 2.01. The zero-order valence-electron chi connectivity index (χ0n) is 7.64. The number of hydrogen-bond donors (Lipinski definition) is 1. The molecular weight excluding hydrogens is 166 g/mol. The normalized spacial score (nSPS) is 9.69. The third-order valence-electron chi connectivity index (χ3n) is 1.63. The van der Waals surface area contributed by atoms with Crippen molar-refractivity contribution in [3.63, 3.8) is 0 Å². The molecule has 1 aromatic heterocycles. The van der Waals surface area contributed by atoms with Crippen molar-refractivity contribution < 1.29 is 5.11 Å². The molecule has 0 amide bonds. The van der Waals surface area contributed by atoms with Crippen LogP contribution in [0.15, 0.2) is 25.0 Å². The lowest BCUT2D eigenvalue weighted by molar-refractivity contribution is 0.276. The van der Waals surface area contributed by atoms with Crippen LogP contribution < -0.4 is 4.90 Å². The molecule has 70 valence electrons. The van der Waals surface area contributed by atoms with Gasteiger partial charge in [-0.1, -0.05) is 6.08 Å². The second-order valence-electron chi connectivity index (χ2n) is 2.70. The number of rotatable bonds is 4. The fourth-order valence-electron chi connectivity index (χ4n) is 0.942. The minimum atomic E-state index is -0.0806. The van der Waals surface area contributed by atoms with Crippen LogP contribution in [0.5, 0.6) is 0 Å². The second-order valence-corrected chi connectivity index (χ2v) is 2.70. The fourth-order valence-corrected chi connectivity index (χ4v) is 0.942. The third kappa shape index (κ3) is 2.52. The first-order chi connectivity index (χ1) is 6.27. The van der Waals surface area contributed by atoms with E-state index in [0.29, 0.717) is 12.2 Å². The summed E-state index contributed by atoms with van der Waals surface area (Å²) in [5.41, 5.74) is 0.577. The SMILES string of the molecule is C=CCN(C)c1cncc(CO)n1. The van der Waals surface area contributed by atoms with E-state index in [0.717, 1.165) is 5.82 Å². The molecule has 0 aromatic carbocycles. The summed E-state index contributed by atoms with van der Waals surface area (Å²) >= 11 is 0. The molecule has 0 aliphatic carbocycles. The molecule has 0 fully saturated rings. The first-order valence-electron chi connectivity index (χ1n) is 4.01. The Morgan fingerprint density at radius 3 is 3.00 bits per heavy atom. The molecule has 0 saturated carbocycles. The van der Waals surface area contributed by atoms with Crippen molar-refractivity contribution in [2.45, 2.75) is 6.61 Å². The zero-order valence-corrected chi connectivity index (χ0v) is 7.64. The fraction of sp³-hybridized carbons (Fsp3) is 0.333. The van der Waals surface area contributed by atoms with E-state index in [4.69, 9.17) is 5.11 Å². The van der Waals surface area contributed by atoms with Crippen molar-refractivity contribution in [2.24, 2.45) is 0 Å². The van der Waals surface area contributed by atoms with E-state index in [1.807, 2.05) is 11.9 Å². The lowest BCUT2D eigenvalue weighted by atomic mass is 10.4. The highest BCUT2D eigenvalue weighted by molar-refractivity contribution is 5.35. The molecule has 1 aromatic rings. The Balaban J connectivity index is 2.81. The van der Waals surface area contributed by atoms with Gasteiger partial charge >= 0.3 is 0 Å². The molecule has 0 spiro atoms. The van der Waals surface area contributed by atoms with E-state index in [2.05, 4.69) is 16.5 Å². The summed E-state index contributed by atoms with van der Waals surface area (Å²) in [6.07, 6.45) is 4.99. The van der Waals surface area contributed by atoms with E-state index >= 15 is 0 Å². The molecule has 0 radical (unpaired) electrons. The molecule has 1 heterocycles. The summed E-state index contributed by atoms with van der Waals surface area (Å²) in [7, 11) is 1.90. The first kappa shape index (κ1) is 9.67. The van der Waals surface area contributed by atoms with Crippen LogP contribution in [0.25, 0.3) is 0 Å². The van der Waals surface area contributed by atoms with Crippen LogP contribution >= 0.6 is 0 Å². The van der Waals surface area contributed by atoms with Crippen molar-refractivity contribution >= 4 is 5.82 Å². The predicted molar refractivity (Wildman–Crippen MR) is 51.4 cm³/mol. The Kier molecular flexibility index (Phi) is 3.40. The maximum Gasteiger partial charge on any atom is 0.147 e. The predicted octanol–water partition coefficient (Wildman–Crippen LogP) is 0.591. The van der Waals surface area contributed by atoms with Gasteiger partial charge in [-0.25, -0.2) is 4.98 Å². The number of likely N-dealkylation sites (N-methyl/N-ethyl adjacent to an activating group) is 1. The van der Waals surface area contributed by atoms with Crippen molar-refractivity contribution in [3.05, 3.63) is 30.7 Å². The number of nitrogens with zero attached hydrogens (tertiary/aromatic N) is 3. The first-order valence-corrected chi connectivity index (χ1v) is 4.01. The highest BCUT2D eigenvalue weighted by atomic mass is 16.3. The summed E-state index contributed by atoms with van der Waals surface area (Å²) in [6, 6.07) is 0. The largest absolute Gasteiger partial charge is 0.390 e. The van der Waals surface area contributed by atoms with Crippen molar-refractivity contribution in [1.82, 2.24) is 9.97 Å². The lowest BCUT2D eigenvalue weighted by Crippen LogP contribution is -2.18. The third-order valence-corrected chi connectivity index (χ3v) is 1.63. The standard InChI is InChI=1S/C9H13N3O/c1-3-4-12(2)9-6-10-5-8(7-13)11-9/h3,5-6,13H,1,4,7H2,2H3. The van der Waals surface area contributed by atoms with Crippen LogP contribution in [0.4, 0.5) is 5.82 Å². The molecule has 4 heteroatoms. The quantitative estimate of drug-likeness (QED) is 0.687. The van der Waals surface area contributed by atoms with Crippen LogP contribution in [0.3, 0.4) is 0 Å². The Bertz CT molecular complexity index is 288. The van der Waals surface area contributed by atoms with Gasteiger partial charge in [-0.05, 0) is 0 Å². The monoisotopic (exact) mass is 179 g/mol. The number of hydrogen-bond acceptors (Lipinski definition) is 4. The van der Waals surface area contributed by atoms with Gasteiger partial charge in [0.05, 0.1) is 24.7 Å². The summed E-state index contributed by atoms with van der Waals surface area (Å²) in [4.78, 5) is 10.0. The number of anilines is 1. The maximum absolute atomic E-state index is 8.83. The number of aliphatic hydroxyl groups is 1. The van der Waals surface area contributed by atoms with Crippen molar-refractivity contribution in [2.75, 3.05) is 18.5 Å². The van der Waals surface area contributed by atoms with E-state index in [1.54, 1.807) is 18.5 Å². The van der Waals surface area contributed by atoms with E-state index in [9.17, 15) is 0 Å². The van der Waals surface area contributed by atoms with Gasteiger partial charge in [-0.15, -0.1) is 6.58 Å². The van der Waals surface area contributed by atoms with Gasteiger partial charge in [0, 0.05) is 13.6 Å². The molecule has 0 unspecified atom stereocenters. The lowest BCUT2D eigenvalue weighted by Gasteiger charge is -2.15. The second kappa shape index (κ2) is 4.57. The molecule has 0 atom stereocenters. The average molecular weight is 179 g/mol. The van der Waals surface area contributed by atoms with Gasteiger partial charge in [-0.3, -0.25) is 4.98 Å². The molecule has 0 bridgehead atoms. The Morgan fingerprint density at radius 2 is 2.38 bits per heavy atom. The summed E-state index contributed by atoms with van der Waals surface area (Å²) in [5, 5.41) is 8.83. The summed E-state index contributed by atoms with van der Waals surface area (Å²) in [5.74, 6) is 0.742. The minimum absolute atomic E-state index is 0.0806. The minimum Gasteiger partial charge on any atom is -0.390 e. The number of aliphatic hydroxyl groups excluding tert-OH is 1. The molecule has 4 nitrogen and oxygen atoms in total. The Morgan fingerprint density at radius 1 is 1.62 bits per heavy atom. The Labute approximate surface area is 77.6 Å². The summed E-state index contributed by atoms with van der Waals surface area (Å²) < 4.78 is 0. The van der Waals surface area contributed by atoms with E-state index < -0.39 is 0 Å². The van der Waals surface area contributed by atoms with Crippen LogP contribution in [0.2, 0.25) is 0 Å². The molecular formula is C9H13N3O. The van der Waals surface area contributed by atoms with Crippen LogP contribution in [0, 0.1) is 0 Å². The van der Waals surface area contributed by atoms with Crippen LogP contribution in [0.1, 0.15) is 5.69 Å². The van der Waals surface area contributed by atoms with Crippen LogP contribution in [-0.2, 0) is 6.61 Å². The zero-order chi connectivity index (χ0) is 9.68. The summed E-state index contributed by atoms with van der Waals surface area (Å²) in [6.45, 7) is 4.26. The van der Waals surface area contributed by atoms with Crippen molar-refractivity contribution in [1.29, 1.82) is 0 Å². The maximum atomic E-state index is 8.83. The van der Waals surface area contributed by atoms with E-state index in [1.165, 1.54) is 0 Å². The average Bonchev–Trinajstić information content (AvgIpc) is 2.18. The van der Waals surface area contributed by atoms with Gasteiger partial charge in [0.25, 0.3) is 0 Å². The van der Waals surface area contributed by atoms with Gasteiger partial charge in [0.2, 0.25) is 0 Å². The molecule has 0 saturated heterocycles. The van der Waals surface area contributed by atoms with Crippen molar-refractivity contribution in [3.8, 4) is 0 Å². The smallest absolute Gasteiger partial charge is 0.147 e. The van der Waals surface area contributed by atoms with Gasteiger partial charge in [-0.2, -0.15) is 0 Å². The van der Waals surface area contributed by atoms with Gasteiger partial charge in [0.1, 0.15) is 5.82 Å². The van der Waals surface area contributed by atoms with E-state index in [-0.39, 0.29) is 6.61 Å². The molecule has 13 heavy (non-hydrogen) atoms. The topological polar surface area (TPSA) is 49.2 Å². The Hall–Kier alpha value is -1.42. The molecule has 0 aliphatic heterocycles. The highest BCUT2D eigenvalue weighted by Crippen LogP contribution is 2.06. The van der Waals surface area contributed by atoms with Gasteiger partial charge in [0.15, 0.2) is 0 Å². The molecule has 1 N–H and O–H groups in total. The number of aromatic nitrogens is 2. The van der Waals surface area contributed by atoms with Gasteiger partial charge < -0.3 is 10.0 Å². The van der Waals surface area contributed by atoms with Crippen LogP contribution in [-0.4, -0.2) is 28.7 Å².